The second kappa shape index (κ2) is 7.22. The van der Waals surface area contributed by atoms with Gasteiger partial charge in [0.2, 0.25) is 0 Å². The summed E-state index contributed by atoms with van der Waals surface area (Å²) in [5, 5.41) is 16.5. The first kappa shape index (κ1) is 16.9. The monoisotopic (exact) mass is 320 g/mol. The fourth-order valence-electron chi connectivity index (χ4n) is 1.98. The number of nitrogens with zero attached hydrogens (tertiary/aromatic N) is 1. The molecule has 0 fully saturated rings. The van der Waals surface area contributed by atoms with E-state index in [-0.39, 0.29) is 12.1 Å². The number of benzene rings is 1. The molecule has 1 aromatic heterocycles. The van der Waals surface area contributed by atoms with Gasteiger partial charge in [-0.15, -0.1) is 11.3 Å². The minimum absolute atomic E-state index is 0.260. The number of thiazole rings is 1. The fourth-order valence-corrected chi connectivity index (χ4v) is 2.87. The van der Waals surface area contributed by atoms with Crippen molar-refractivity contribution in [2.45, 2.75) is 39.3 Å². The van der Waals surface area contributed by atoms with Gasteiger partial charge in [0, 0.05) is 17.6 Å². The number of rotatable bonds is 7. The van der Waals surface area contributed by atoms with Crippen molar-refractivity contribution in [2.24, 2.45) is 0 Å². The van der Waals surface area contributed by atoms with Crippen molar-refractivity contribution in [2.75, 3.05) is 13.2 Å². The third kappa shape index (κ3) is 4.80. The summed E-state index contributed by atoms with van der Waals surface area (Å²) in [5.41, 5.74) is 1.96. The molecule has 0 saturated carbocycles. The number of hydrogen-bond acceptors (Lipinski definition) is 5. The molecule has 0 amide bonds. The van der Waals surface area contributed by atoms with Crippen LogP contribution in [0.25, 0.3) is 0 Å². The summed E-state index contributed by atoms with van der Waals surface area (Å²) in [5.74, 6) is 0.777. The predicted molar refractivity (Wildman–Crippen MR) is 90.6 cm³/mol. The van der Waals surface area contributed by atoms with Crippen LogP contribution < -0.4 is 10.1 Å². The maximum Gasteiger partial charge on any atom is 0.119 e. The van der Waals surface area contributed by atoms with Crippen molar-refractivity contribution >= 4 is 11.3 Å². The highest BCUT2D eigenvalue weighted by atomic mass is 32.1. The van der Waals surface area contributed by atoms with Crippen molar-refractivity contribution in [3.05, 3.63) is 45.9 Å². The van der Waals surface area contributed by atoms with Crippen molar-refractivity contribution < 1.29 is 9.84 Å². The molecule has 0 saturated heterocycles. The first-order chi connectivity index (χ1) is 10.4. The highest BCUT2D eigenvalue weighted by Crippen LogP contribution is 2.23. The van der Waals surface area contributed by atoms with E-state index >= 15 is 0 Å². The van der Waals surface area contributed by atoms with Crippen LogP contribution in [0, 0.1) is 13.8 Å². The lowest BCUT2D eigenvalue weighted by Gasteiger charge is -2.25. The smallest absolute Gasteiger partial charge is 0.119 e. The Labute approximate surface area is 136 Å². The molecule has 1 aromatic carbocycles. The molecule has 0 aliphatic heterocycles. The van der Waals surface area contributed by atoms with E-state index in [0.29, 0.717) is 6.54 Å². The summed E-state index contributed by atoms with van der Waals surface area (Å²) in [4.78, 5) is 4.51. The Balaban J connectivity index is 1.79. The lowest BCUT2D eigenvalue weighted by molar-refractivity contribution is 0.0987. The van der Waals surface area contributed by atoms with Crippen LogP contribution in [0.5, 0.6) is 5.75 Å². The third-order valence-corrected chi connectivity index (χ3v) is 4.68. The normalized spacial score (nSPS) is 13.1. The van der Waals surface area contributed by atoms with Crippen LogP contribution in [-0.4, -0.2) is 29.3 Å². The van der Waals surface area contributed by atoms with Gasteiger partial charge in [-0.25, -0.2) is 4.98 Å². The zero-order valence-electron chi connectivity index (χ0n) is 13.6. The summed E-state index contributed by atoms with van der Waals surface area (Å²) in [6.07, 6.45) is -0.568. The summed E-state index contributed by atoms with van der Waals surface area (Å²) < 4.78 is 5.59. The molecule has 120 valence electrons. The topological polar surface area (TPSA) is 54.4 Å². The summed E-state index contributed by atoms with van der Waals surface area (Å²) in [6, 6.07) is 7.82. The number of hydrogen-bond donors (Lipinski definition) is 2. The van der Waals surface area contributed by atoms with Crippen LogP contribution in [0.2, 0.25) is 0 Å². The summed E-state index contributed by atoms with van der Waals surface area (Å²) in [6.45, 7) is 8.88. The van der Waals surface area contributed by atoms with Gasteiger partial charge in [0.1, 0.15) is 23.5 Å². The third-order valence-electron chi connectivity index (χ3n) is 3.40. The number of aliphatic hydroxyl groups excluding tert-OH is 1. The first-order valence-electron chi connectivity index (χ1n) is 7.42. The number of nitrogens with one attached hydrogen (secondary N) is 1. The van der Waals surface area contributed by atoms with E-state index in [1.807, 2.05) is 43.5 Å². The van der Waals surface area contributed by atoms with Crippen molar-refractivity contribution in [1.82, 2.24) is 10.3 Å². The zero-order chi connectivity index (χ0) is 16.2. The number of ether oxygens (including phenoxy) is 1. The highest BCUT2D eigenvalue weighted by Gasteiger charge is 2.24. The highest BCUT2D eigenvalue weighted by molar-refractivity contribution is 7.09. The maximum absolute atomic E-state index is 10.1. The summed E-state index contributed by atoms with van der Waals surface area (Å²) in [7, 11) is 0. The molecule has 1 unspecified atom stereocenters. The molecule has 2 N–H and O–H groups in total. The maximum atomic E-state index is 10.1. The lowest BCUT2D eigenvalue weighted by Crippen LogP contribution is -2.42. The van der Waals surface area contributed by atoms with E-state index in [0.717, 1.165) is 16.5 Å². The molecule has 2 aromatic rings. The average Bonchev–Trinajstić information content (AvgIpc) is 2.92. The van der Waals surface area contributed by atoms with E-state index in [2.05, 4.69) is 24.1 Å². The van der Waals surface area contributed by atoms with E-state index in [4.69, 9.17) is 4.74 Å². The quantitative estimate of drug-likeness (QED) is 0.823. The van der Waals surface area contributed by atoms with Crippen molar-refractivity contribution in [1.29, 1.82) is 0 Å². The van der Waals surface area contributed by atoms with Crippen LogP contribution in [0.3, 0.4) is 0 Å². The average molecular weight is 320 g/mol. The van der Waals surface area contributed by atoms with Gasteiger partial charge >= 0.3 is 0 Å². The van der Waals surface area contributed by atoms with E-state index in [9.17, 15) is 5.11 Å². The molecule has 2 rings (SSSR count). The minimum atomic E-state index is -0.568. The van der Waals surface area contributed by atoms with Crippen LogP contribution in [0.15, 0.2) is 29.6 Å². The van der Waals surface area contributed by atoms with Crippen LogP contribution in [0.4, 0.5) is 0 Å². The second-order valence-corrected chi connectivity index (χ2v) is 6.94. The Kier molecular flexibility index (Phi) is 5.56. The first-order valence-corrected chi connectivity index (χ1v) is 8.30. The second-order valence-electron chi connectivity index (χ2n) is 6.08. The minimum Gasteiger partial charge on any atom is -0.491 e. The number of aromatic nitrogens is 1. The molecule has 0 aliphatic rings. The fraction of sp³-hybridized carbons (Fsp3) is 0.471. The van der Waals surface area contributed by atoms with Gasteiger partial charge < -0.3 is 15.2 Å². The van der Waals surface area contributed by atoms with E-state index < -0.39 is 6.10 Å². The molecular weight excluding hydrogens is 296 g/mol. The molecule has 0 radical (unpaired) electrons. The predicted octanol–water partition coefficient (Wildman–Crippen LogP) is 3.02. The lowest BCUT2D eigenvalue weighted by atomic mass is 10.1. The molecule has 0 aliphatic carbocycles. The number of aliphatic hydroxyl groups is 1. The molecule has 22 heavy (non-hydrogen) atoms. The van der Waals surface area contributed by atoms with Gasteiger partial charge in [-0.1, -0.05) is 17.7 Å². The summed E-state index contributed by atoms with van der Waals surface area (Å²) >= 11 is 1.63. The van der Waals surface area contributed by atoms with Gasteiger partial charge in [0.05, 0.1) is 5.54 Å². The Morgan fingerprint density at radius 3 is 2.55 bits per heavy atom. The van der Waals surface area contributed by atoms with Gasteiger partial charge in [-0.05, 0) is 39.8 Å². The van der Waals surface area contributed by atoms with Gasteiger partial charge in [-0.3, -0.25) is 0 Å². The largest absolute Gasteiger partial charge is 0.491 e. The van der Waals surface area contributed by atoms with Crippen LogP contribution in [0.1, 0.15) is 30.1 Å². The molecule has 5 heteroatoms. The van der Waals surface area contributed by atoms with Gasteiger partial charge in [0.15, 0.2) is 0 Å². The van der Waals surface area contributed by atoms with Crippen molar-refractivity contribution in [3.63, 3.8) is 0 Å². The van der Waals surface area contributed by atoms with Gasteiger partial charge in [-0.2, -0.15) is 0 Å². The van der Waals surface area contributed by atoms with Gasteiger partial charge in [0.25, 0.3) is 0 Å². The Morgan fingerprint density at radius 1 is 1.27 bits per heavy atom. The molecule has 1 atom stereocenters. The standard InChI is InChI=1S/C17H24N2O2S/c1-12-5-7-15(8-6-12)21-10-14(20)9-18-17(3,4)16-19-13(2)11-22-16/h5-8,11,14,18,20H,9-10H2,1-4H3. The number of aryl methyl sites for hydroxylation is 2. The molecular formula is C17H24N2O2S. The Morgan fingerprint density at radius 2 is 1.95 bits per heavy atom. The SMILES string of the molecule is Cc1ccc(OCC(O)CNC(C)(C)c2nc(C)cs2)cc1. The Hall–Kier alpha value is -1.43. The van der Waals surface area contributed by atoms with Crippen molar-refractivity contribution in [3.8, 4) is 5.75 Å². The van der Waals surface area contributed by atoms with Crippen LogP contribution in [-0.2, 0) is 5.54 Å². The van der Waals surface area contributed by atoms with E-state index in [1.165, 1.54) is 5.56 Å². The van der Waals surface area contributed by atoms with E-state index in [1.54, 1.807) is 11.3 Å². The molecule has 0 spiro atoms. The van der Waals surface area contributed by atoms with Crippen LogP contribution >= 0.6 is 11.3 Å². The molecule has 0 bridgehead atoms. The molecule has 4 nitrogen and oxygen atoms in total. The zero-order valence-corrected chi connectivity index (χ0v) is 14.4. The molecule has 1 heterocycles. The Bertz CT molecular complexity index is 593.